The van der Waals surface area contributed by atoms with E-state index in [1.807, 2.05) is 0 Å². The van der Waals surface area contributed by atoms with E-state index in [-0.39, 0.29) is 0 Å². The quantitative estimate of drug-likeness (QED) is 0.862. The normalized spacial score (nSPS) is 21.4. The first kappa shape index (κ1) is 15.4. The predicted octanol–water partition coefficient (Wildman–Crippen LogP) is 0.383. The summed E-state index contributed by atoms with van der Waals surface area (Å²) in [5, 5.41) is 0. The lowest BCUT2D eigenvalue weighted by molar-refractivity contribution is 0.113. The second-order valence-electron chi connectivity index (χ2n) is 5.93. The molecule has 1 atom stereocenters. The van der Waals surface area contributed by atoms with Crippen LogP contribution in [0.5, 0.6) is 0 Å². The van der Waals surface area contributed by atoms with Crippen LogP contribution in [0.4, 0.5) is 0 Å². The molecule has 2 heterocycles. The molecule has 5 heteroatoms. The maximum atomic E-state index is 5.65. The highest BCUT2D eigenvalue weighted by molar-refractivity contribution is 5.25. The average Bonchev–Trinajstić information content (AvgIpc) is 2.38. The number of aryl methyl sites for hydroxylation is 2. The molecule has 0 spiro atoms. The number of likely N-dealkylation sites (N-methyl/N-ethyl adjacent to an activating group) is 2. The van der Waals surface area contributed by atoms with E-state index in [2.05, 4.69) is 37.7 Å². The van der Waals surface area contributed by atoms with Gasteiger partial charge in [0.15, 0.2) is 0 Å². The number of nitrogens with zero attached hydrogens (tertiary/aromatic N) is 4. The molecule has 2 N–H and O–H groups in total. The van der Waals surface area contributed by atoms with Crippen molar-refractivity contribution < 1.29 is 0 Å². The van der Waals surface area contributed by atoms with Gasteiger partial charge in [-0.2, -0.15) is 0 Å². The fourth-order valence-electron chi connectivity index (χ4n) is 2.94. The molecular formula is C15H27N5. The van der Waals surface area contributed by atoms with E-state index in [1.165, 1.54) is 5.56 Å². The van der Waals surface area contributed by atoms with Gasteiger partial charge in [0, 0.05) is 43.5 Å². The van der Waals surface area contributed by atoms with Crippen LogP contribution in [0.1, 0.15) is 22.8 Å². The van der Waals surface area contributed by atoms with E-state index in [9.17, 15) is 0 Å². The lowest BCUT2D eigenvalue weighted by Gasteiger charge is -2.37. The fraction of sp³-hybridized carbons (Fsp3) is 0.733. The first-order valence-corrected chi connectivity index (χ1v) is 7.43. The summed E-state index contributed by atoms with van der Waals surface area (Å²) < 4.78 is 0. The van der Waals surface area contributed by atoms with Crippen molar-refractivity contribution >= 4 is 0 Å². The summed E-state index contributed by atoms with van der Waals surface area (Å²) in [6.07, 6.45) is 1.79. The molecule has 0 aliphatic carbocycles. The van der Waals surface area contributed by atoms with Gasteiger partial charge >= 0.3 is 0 Å². The van der Waals surface area contributed by atoms with Crippen LogP contribution >= 0.6 is 0 Å². The lowest BCUT2D eigenvalue weighted by atomic mass is 10.1. The van der Waals surface area contributed by atoms with Crippen molar-refractivity contribution in [1.29, 1.82) is 0 Å². The molecule has 1 aliphatic rings. The summed E-state index contributed by atoms with van der Waals surface area (Å²) >= 11 is 0. The smallest absolute Gasteiger partial charge is 0.130 e. The Morgan fingerprint density at radius 1 is 1.15 bits per heavy atom. The highest BCUT2D eigenvalue weighted by Gasteiger charge is 2.23. The van der Waals surface area contributed by atoms with Crippen molar-refractivity contribution in [2.45, 2.75) is 32.7 Å². The molecule has 1 aromatic rings. The third-order valence-corrected chi connectivity index (χ3v) is 4.26. The Bertz CT molecular complexity index is 437. The van der Waals surface area contributed by atoms with Crippen LogP contribution in [0.2, 0.25) is 0 Å². The summed E-state index contributed by atoms with van der Waals surface area (Å²) in [7, 11) is 4.38. The monoisotopic (exact) mass is 277 g/mol. The van der Waals surface area contributed by atoms with Gasteiger partial charge in [-0.1, -0.05) is 0 Å². The molecule has 112 valence electrons. The Morgan fingerprint density at radius 2 is 1.80 bits per heavy atom. The maximum absolute atomic E-state index is 5.65. The van der Waals surface area contributed by atoms with Gasteiger partial charge in [-0.05, 0) is 46.5 Å². The highest BCUT2D eigenvalue weighted by Crippen LogP contribution is 2.14. The van der Waals surface area contributed by atoms with Crippen LogP contribution in [-0.4, -0.2) is 66.1 Å². The van der Waals surface area contributed by atoms with Crippen molar-refractivity contribution in [2.75, 3.05) is 40.3 Å². The predicted molar refractivity (Wildman–Crippen MR) is 81.9 cm³/mol. The van der Waals surface area contributed by atoms with Crippen LogP contribution in [0, 0.1) is 13.8 Å². The van der Waals surface area contributed by atoms with Crippen LogP contribution in [0.15, 0.2) is 0 Å². The number of nitrogens with two attached hydrogens (primary N) is 1. The van der Waals surface area contributed by atoms with Gasteiger partial charge in [-0.25, -0.2) is 9.97 Å². The summed E-state index contributed by atoms with van der Waals surface area (Å²) in [5.74, 6) is 0.966. The first-order valence-electron chi connectivity index (χ1n) is 7.43. The fourth-order valence-corrected chi connectivity index (χ4v) is 2.94. The van der Waals surface area contributed by atoms with Crippen molar-refractivity contribution in [3.63, 3.8) is 0 Å². The second kappa shape index (κ2) is 6.61. The Hall–Kier alpha value is -1.04. The second-order valence-corrected chi connectivity index (χ2v) is 5.93. The van der Waals surface area contributed by atoms with Crippen LogP contribution < -0.4 is 5.73 Å². The van der Waals surface area contributed by atoms with Gasteiger partial charge in [-0.15, -0.1) is 0 Å². The molecule has 1 fully saturated rings. The molecule has 0 saturated carbocycles. The minimum absolute atomic E-state index is 0.507. The molecule has 0 aromatic carbocycles. The summed E-state index contributed by atoms with van der Waals surface area (Å²) in [6.45, 7) is 8.13. The van der Waals surface area contributed by atoms with Crippen molar-refractivity contribution in [2.24, 2.45) is 5.73 Å². The lowest BCUT2D eigenvalue weighted by Crippen LogP contribution is -2.51. The minimum Gasteiger partial charge on any atom is -0.330 e. The summed E-state index contributed by atoms with van der Waals surface area (Å²) in [5.41, 5.74) is 9.04. The number of aromatic nitrogens is 2. The molecule has 1 unspecified atom stereocenters. The molecule has 20 heavy (non-hydrogen) atoms. The number of hydrogen-bond acceptors (Lipinski definition) is 5. The molecule has 1 aromatic heterocycles. The topological polar surface area (TPSA) is 58.3 Å². The zero-order valence-corrected chi connectivity index (χ0v) is 13.2. The molecule has 0 amide bonds. The molecule has 1 saturated heterocycles. The SMILES string of the molecule is Cc1nc(CC2CN(C)CCN2C)nc(C)c1CCN. The van der Waals surface area contributed by atoms with Crippen LogP contribution in [0.3, 0.4) is 0 Å². The van der Waals surface area contributed by atoms with Gasteiger partial charge in [0.05, 0.1) is 0 Å². The number of piperazine rings is 1. The van der Waals surface area contributed by atoms with Crippen molar-refractivity contribution in [1.82, 2.24) is 19.8 Å². The largest absolute Gasteiger partial charge is 0.330 e. The number of rotatable bonds is 4. The number of hydrogen-bond donors (Lipinski definition) is 1. The van der Waals surface area contributed by atoms with Crippen molar-refractivity contribution in [3.05, 3.63) is 22.8 Å². The van der Waals surface area contributed by atoms with Gasteiger partial charge in [0.1, 0.15) is 5.82 Å². The van der Waals surface area contributed by atoms with E-state index in [0.29, 0.717) is 12.6 Å². The standard InChI is InChI=1S/C15H27N5/c1-11-14(5-6-16)12(2)18-15(17-11)9-13-10-19(3)7-8-20(13)4/h13H,5-10,16H2,1-4H3. The van der Waals surface area contributed by atoms with Gasteiger partial charge in [0.25, 0.3) is 0 Å². The molecule has 5 nitrogen and oxygen atoms in total. The van der Waals surface area contributed by atoms with Crippen LogP contribution in [0.25, 0.3) is 0 Å². The third-order valence-electron chi connectivity index (χ3n) is 4.26. The van der Waals surface area contributed by atoms with Gasteiger partial charge in [-0.3, -0.25) is 0 Å². The Labute approximate surface area is 122 Å². The third kappa shape index (κ3) is 3.53. The molecular weight excluding hydrogens is 250 g/mol. The summed E-state index contributed by atoms with van der Waals surface area (Å²) in [6, 6.07) is 0.507. The van der Waals surface area contributed by atoms with E-state index >= 15 is 0 Å². The molecule has 0 bridgehead atoms. The average molecular weight is 277 g/mol. The molecule has 2 rings (SSSR count). The van der Waals surface area contributed by atoms with Gasteiger partial charge in [0.2, 0.25) is 0 Å². The Balaban J connectivity index is 2.13. The van der Waals surface area contributed by atoms with Gasteiger partial charge < -0.3 is 15.5 Å². The summed E-state index contributed by atoms with van der Waals surface area (Å²) in [4.78, 5) is 14.2. The Kier molecular flexibility index (Phi) is 5.07. The Morgan fingerprint density at radius 3 is 2.40 bits per heavy atom. The van der Waals surface area contributed by atoms with E-state index in [0.717, 1.165) is 49.7 Å². The molecule has 0 radical (unpaired) electrons. The van der Waals surface area contributed by atoms with E-state index in [4.69, 9.17) is 15.7 Å². The highest BCUT2D eigenvalue weighted by atomic mass is 15.3. The van der Waals surface area contributed by atoms with Crippen molar-refractivity contribution in [3.8, 4) is 0 Å². The zero-order valence-electron chi connectivity index (χ0n) is 13.2. The zero-order chi connectivity index (χ0) is 14.7. The van der Waals surface area contributed by atoms with E-state index in [1.54, 1.807) is 0 Å². The van der Waals surface area contributed by atoms with Crippen LogP contribution in [-0.2, 0) is 12.8 Å². The van der Waals surface area contributed by atoms with E-state index < -0.39 is 0 Å². The molecule has 1 aliphatic heterocycles. The minimum atomic E-state index is 0.507. The first-order chi connectivity index (χ1) is 9.51. The maximum Gasteiger partial charge on any atom is 0.130 e.